The number of benzene rings is 2. The molecule has 0 bridgehead atoms. The Morgan fingerprint density at radius 3 is 2.59 bits per heavy atom. The summed E-state index contributed by atoms with van der Waals surface area (Å²) >= 11 is 0. The molecule has 1 heterocycles. The summed E-state index contributed by atoms with van der Waals surface area (Å²) in [6.07, 6.45) is 3.38. The fraction of sp³-hybridized carbons (Fsp3) is 0.515. The highest BCUT2D eigenvalue weighted by Crippen LogP contribution is 2.36. The molecule has 1 saturated heterocycles. The summed E-state index contributed by atoms with van der Waals surface area (Å²) in [6, 6.07) is 16.4. The van der Waals surface area contributed by atoms with Crippen LogP contribution in [0.25, 0.3) is 6.08 Å². The number of ether oxygens (including phenoxy) is 2. The molecule has 6 atom stereocenters. The molecule has 8 nitrogen and oxygen atoms in total. The summed E-state index contributed by atoms with van der Waals surface area (Å²) in [4.78, 5) is 26.6. The molecule has 0 saturated carbocycles. The average Bonchev–Trinajstić information content (AvgIpc) is 3.55. The number of alkyl carbamates (subject to hydrolysis) is 1. The second kappa shape index (κ2) is 14.1. The van der Waals surface area contributed by atoms with Crippen molar-refractivity contribution in [1.82, 2.24) is 10.6 Å². The molecule has 2 aromatic rings. The van der Waals surface area contributed by atoms with Gasteiger partial charge in [-0.1, -0.05) is 87.5 Å². The van der Waals surface area contributed by atoms with Crippen molar-refractivity contribution in [3.8, 4) is 0 Å². The van der Waals surface area contributed by atoms with Crippen molar-refractivity contribution in [1.29, 1.82) is 0 Å². The number of carbonyl (C=O) groups is 2. The Bertz CT molecular complexity index is 1180. The minimum Gasteiger partial charge on any atom is -0.444 e. The molecule has 1 aliphatic heterocycles. The van der Waals surface area contributed by atoms with E-state index in [0.29, 0.717) is 38.9 Å². The lowest BCUT2D eigenvalue weighted by Gasteiger charge is -2.35. The van der Waals surface area contributed by atoms with Crippen LogP contribution >= 0.6 is 0 Å². The quantitative estimate of drug-likeness (QED) is 0.301. The lowest BCUT2D eigenvalue weighted by atomic mass is 9.77. The lowest BCUT2D eigenvalue weighted by molar-refractivity contribution is -0.133. The van der Waals surface area contributed by atoms with Crippen LogP contribution < -0.4 is 10.6 Å². The number of fused-ring (bicyclic) bond motifs is 1. The Morgan fingerprint density at radius 2 is 1.88 bits per heavy atom. The molecule has 0 spiro atoms. The second-order valence-electron chi connectivity index (χ2n) is 12.0. The second-order valence-corrected chi connectivity index (χ2v) is 12.0. The Hall–Kier alpha value is -3.20. The third kappa shape index (κ3) is 8.41. The molecule has 2 aliphatic rings. The van der Waals surface area contributed by atoms with Crippen molar-refractivity contribution in [2.75, 3.05) is 13.2 Å². The minimum atomic E-state index is -1.03. The third-order valence-corrected chi connectivity index (χ3v) is 8.03. The summed E-state index contributed by atoms with van der Waals surface area (Å²) in [5.41, 5.74) is 1.91. The van der Waals surface area contributed by atoms with Gasteiger partial charge in [0, 0.05) is 12.8 Å². The van der Waals surface area contributed by atoms with E-state index in [9.17, 15) is 19.8 Å². The van der Waals surface area contributed by atoms with Gasteiger partial charge >= 0.3 is 6.09 Å². The number of hydrogen-bond acceptors (Lipinski definition) is 6. The zero-order valence-corrected chi connectivity index (χ0v) is 24.3. The molecule has 2 aromatic carbocycles. The molecule has 1 aliphatic carbocycles. The van der Waals surface area contributed by atoms with E-state index < -0.39 is 35.8 Å². The smallest absolute Gasteiger partial charge is 0.407 e. The van der Waals surface area contributed by atoms with Gasteiger partial charge in [0.05, 0.1) is 42.9 Å². The largest absolute Gasteiger partial charge is 0.444 e. The molecule has 0 aromatic heterocycles. The first-order chi connectivity index (χ1) is 19.6. The standard InChI is InChI=1S/C33H44N2O6/c1-22(2)18-27(34-32(39)41-25-15-17-40-21-25)29(37)20-33(3,16-9-12-23-10-5-4-6-11-23)31(38)35-30-26-14-8-7-13-24(26)19-28(30)36/h4-14,22,25,27-30,36-37H,15-21H2,1-3H3,(H,34,39)(H,35,38)/t25-,27-,28+,29-,30-,33+/m0/s1. The number of hydrogen-bond donors (Lipinski definition) is 4. The topological polar surface area (TPSA) is 117 Å². The Kier molecular flexibility index (Phi) is 10.6. The lowest BCUT2D eigenvalue weighted by Crippen LogP contribution is -2.50. The van der Waals surface area contributed by atoms with E-state index in [4.69, 9.17) is 9.47 Å². The molecule has 4 N–H and O–H groups in total. The van der Waals surface area contributed by atoms with Crippen LogP contribution in [-0.4, -0.2) is 59.8 Å². The van der Waals surface area contributed by atoms with Crippen LogP contribution in [0.1, 0.15) is 69.2 Å². The molecule has 1 fully saturated rings. The Balaban J connectivity index is 1.52. The monoisotopic (exact) mass is 564 g/mol. The number of carbonyl (C=O) groups excluding carboxylic acids is 2. The zero-order chi connectivity index (χ0) is 29.4. The Labute approximate surface area is 243 Å². The maximum Gasteiger partial charge on any atom is 0.407 e. The number of nitrogens with one attached hydrogen (secondary N) is 2. The van der Waals surface area contributed by atoms with Crippen LogP contribution in [0, 0.1) is 11.3 Å². The molecule has 222 valence electrons. The van der Waals surface area contributed by atoms with Crippen LogP contribution in [0.3, 0.4) is 0 Å². The highest BCUT2D eigenvalue weighted by molar-refractivity contribution is 5.83. The van der Waals surface area contributed by atoms with Gasteiger partial charge in [0.15, 0.2) is 0 Å². The maximum absolute atomic E-state index is 14.0. The van der Waals surface area contributed by atoms with E-state index in [2.05, 4.69) is 10.6 Å². The van der Waals surface area contributed by atoms with Gasteiger partial charge in [-0.15, -0.1) is 0 Å². The van der Waals surface area contributed by atoms with Crippen molar-refractivity contribution >= 4 is 18.1 Å². The molecule has 2 amide bonds. The number of rotatable bonds is 12. The fourth-order valence-electron chi connectivity index (χ4n) is 5.72. The zero-order valence-electron chi connectivity index (χ0n) is 24.3. The summed E-state index contributed by atoms with van der Waals surface area (Å²) in [5, 5.41) is 28.2. The van der Waals surface area contributed by atoms with Crippen molar-refractivity contribution in [3.63, 3.8) is 0 Å². The van der Waals surface area contributed by atoms with Crippen LogP contribution in [-0.2, 0) is 20.7 Å². The van der Waals surface area contributed by atoms with Gasteiger partial charge in [-0.2, -0.15) is 0 Å². The first kappa shape index (κ1) is 30.8. The van der Waals surface area contributed by atoms with Gasteiger partial charge in [0.2, 0.25) is 5.91 Å². The van der Waals surface area contributed by atoms with E-state index in [1.54, 1.807) is 0 Å². The highest BCUT2D eigenvalue weighted by atomic mass is 16.6. The van der Waals surface area contributed by atoms with Gasteiger partial charge in [0.1, 0.15) is 6.10 Å². The van der Waals surface area contributed by atoms with Gasteiger partial charge in [-0.05, 0) is 41.9 Å². The summed E-state index contributed by atoms with van der Waals surface area (Å²) < 4.78 is 10.8. The van der Waals surface area contributed by atoms with Crippen molar-refractivity contribution in [2.24, 2.45) is 11.3 Å². The van der Waals surface area contributed by atoms with Crippen molar-refractivity contribution in [3.05, 3.63) is 77.4 Å². The van der Waals surface area contributed by atoms with Gasteiger partial charge in [-0.3, -0.25) is 4.79 Å². The average molecular weight is 565 g/mol. The molecule has 0 unspecified atom stereocenters. The van der Waals surface area contributed by atoms with Crippen molar-refractivity contribution in [2.45, 2.75) is 83.3 Å². The maximum atomic E-state index is 14.0. The van der Waals surface area contributed by atoms with E-state index in [1.165, 1.54) is 0 Å². The molecule has 0 radical (unpaired) electrons. The van der Waals surface area contributed by atoms with Crippen LogP contribution in [0.5, 0.6) is 0 Å². The molecule has 41 heavy (non-hydrogen) atoms. The summed E-state index contributed by atoms with van der Waals surface area (Å²) in [5.74, 6) is -0.0723. The normalized spacial score (nSPS) is 23.1. The summed E-state index contributed by atoms with van der Waals surface area (Å²) in [6.45, 7) is 6.79. The van der Waals surface area contributed by atoms with Crippen LogP contribution in [0.2, 0.25) is 0 Å². The van der Waals surface area contributed by atoms with Crippen LogP contribution in [0.15, 0.2) is 60.7 Å². The number of aliphatic hydroxyl groups is 2. The van der Waals surface area contributed by atoms with Gasteiger partial charge < -0.3 is 30.3 Å². The van der Waals surface area contributed by atoms with Gasteiger partial charge in [-0.25, -0.2) is 4.79 Å². The highest BCUT2D eigenvalue weighted by Gasteiger charge is 2.41. The predicted molar refractivity (Wildman–Crippen MR) is 158 cm³/mol. The number of allylic oxidation sites excluding steroid dienone is 1. The number of aliphatic hydroxyl groups excluding tert-OH is 2. The van der Waals surface area contributed by atoms with Gasteiger partial charge in [0.25, 0.3) is 0 Å². The molecular formula is C33H44N2O6. The molecule has 4 rings (SSSR count). The van der Waals surface area contributed by atoms with E-state index in [-0.39, 0.29) is 24.3 Å². The van der Waals surface area contributed by atoms with E-state index >= 15 is 0 Å². The predicted octanol–water partition coefficient (Wildman–Crippen LogP) is 4.55. The number of amides is 2. The first-order valence-corrected chi connectivity index (χ1v) is 14.7. The van der Waals surface area contributed by atoms with E-state index in [0.717, 1.165) is 16.7 Å². The van der Waals surface area contributed by atoms with E-state index in [1.807, 2.05) is 87.5 Å². The van der Waals surface area contributed by atoms with Crippen molar-refractivity contribution < 1.29 is 29.3 Å². The fourth-order valence-corrected chi connectivity index (χ4v) is 5.72. The first-order valence-electron chi connectivity index (χ1n) is 14.7. The third-order valence-electron chi connectivity index (χ3n) is 8.03. The molecule has 8 heteroatoms. The SMILES string of the molecule is CC(C)C[C@H](NC(=O)O[C@H]1CCOC1)[C@@H](O)C[C@@](C)(CC=Cc1ccccc1)C(=O)N[C@H]1c2ccccc2C[C@H]1O. The summed E-state index contributed by atoms with van der Waals surface area (Å²) in [7, 11) is 0. The minimum absolute atomic E-state index is 0.104. The Morgan fingerprint density at radius 1 is 1.15 bits per heavy atom. The molecular weight excluding hydrogens is 520 g/mol. The van der Waals surface area contributed by atoms with Crippen LogP contribution in [0.4, 0.5) is 4.79 Å².